The molecule has 0 saturated carbocycles. The van der Waals surface area contributed by atoms with Crippen LogP contribution in [0, 0.1) is 11.6 Å². The van der Waals surface area contributed by atoms with Gasteiger partial charge in [0, 0.05) is 37.7 Å². The van der Waals surface area contributed by atoms with Crippen LogP contribution in [0.5, 0.6) is 5.75 Å². The van der Waals surface area contributed by atoms with E-state index < -0.39 is 46.4 Å². The van der Waals surface area contributed by atoms with E-state index in [0.717, 1.165) is 11.6 Å². The van der Waals surface area contributed by atoms with Gasteiger partial charge in [-0.05, 0) is 28.8 Å². The molecule has 1 fully saturated rings. The second-order valence-electron chi connectivity index (χ2n) is 9.71. The van der Waals surface area contributed by atoms with Gasteiger partial charge in [0.2, 0.25) is 5.43 Å². The highest BCUT2D eigenvalue weighted by Gasteiger charge is 2.46. The molecule has 1 saturated heterocycles. The fraction of sp³-hybridized carbons (Fsp3) is 0.226. The highest BCUT2D eigenvalue weighted by Crippen LogP contribution is 2.45. The first kappa shape index (κ1) is 22.5. The van der Waals surface area contributed by atoms with Gasteiger partial charge in [-0.3, -0.25) is 19.3 Å². The average molecular weight is 577 g/mol. The number of ether oxygens (including phenoxy) is 2. The lowest BCUT2D eigenvalue weighted by molar-refractivity contribution is -0.0199. The zero-order chi connectivity index (χ0) is 30.8. The SMILES string of the molecule is [2H]C1([2H])Sc2ccccc2[C@]([2H])(N2[C@@H]3COCCN3C(=O)c3c(OCc4ccccc4)c(=O)ccn32)c2ccc(F)c(F)c21. The summed E-state index contributed by atoms with van der Waals surface area (Å²) in [4.78, 5) is 29.2. The van der Waals surface area contributed by atoms with Gasteiger partial charge >= 0.3 is 0 Å². The molecule has 7 nitrogen and oxygen atoms in total. The molecule has 41 heavy (non-hydrogen) atoms. The molecule has 0 radical (unpaired) electrons. The summed E-state index contributed by atoms with van der Waals surface area (Å²) in [6.07, 6.45) is 0.413. The summed E-state index contributed by atoms with van der Waals surface area (Å²) in [7, 11) is 0. The van der Waals surface area contributed by atoms with Crippen molar-refractivity contribution >= 4 is 17.7 Å². The molecule has 208 valence electrons. The number of pyridine rings is 1. The van der Waals surface area contributed by atoms with Crippen molar-refractivity contribution in [2.45, 2.75) is 29.4 Å². The standard InChI is InChI=1S/C31H25F2N3O4S/c32-23-11-10-20-22(27(23)33)18-41-25-9-5-4-8-21(25)28(20)36-26-17-39-15-14-34(26)31(38)29-30(24(37)12-13-35(29)36)40-16-19-6-2-1-3-7-19/h1-13,26,28H,14-18H2/t26-,28-/m1/s1/i18D2,28D. The van der Waals surface area contributed by atoms with Crippen LogP contribution in [0.3, 0.4) is 0 Å². The van der Waals surface area contributed by atoms with Gasteiger partial charge in [-0.15, -0.1) is 11.8 Å². The van der Waals surface area contributed by atoms with Crippen LogP contribution in [0.25, 0.3) is 0 Å². The Kier molecular flexibility index (Phi) is 5.69. The summed E-state index contributed by atoms with van der Waals surface area (Å²) in [5.74, 6) is -3.40. The Hall–Kier alpha value is -4.15. The number of halogens is 2. The molecule has 0 aliphatic carbocycles. The molecule has 10 heteroatoms. The largest absolute Gasteiger partial charge is 0.482 e. The van der Waals surface area contributed by atoms with Crippen molar-refractivity contribution in [2.24, 2.45) is 0 Å². The predicted octanol–water partition coefficient (Wildman–Crippen LogP) is 4.85. The summed E-state index contributed by atoms with van der Waals surface area (Å²) >= 11 is 0.674. The lowest BCUT2D eigenvalue weighted by Crippen LogP contribution is -2.66. The van der Waals surface area contributed by atoms with Crippen LogP contribution in [0.2, 0.25) is 0 Å². The molecule has 0 N–H and O–H groups in total. The number of hydrogen-bond acceptors (Lipinski definition) is 6. The van der Waals surface area contributed by atoms with E-state index in [1.54, 1.807) is 24.3 Å². The molecule has 1 amide bonds. The van der Waals surface area contributed by atoms with Gasteiger partial charge in [0.25, 0.3) is 5.91 Å². The third-order valence-corrected chi connectivity index (χ3v) is 8.21. The van der Waals surface area contributed by atoms with Gasteiger partial charge < -0.3 is 14.4 Å². The minimum atomic E-state index is -2.47. The molecule has 3 aliphatic heterocycles. The number of rotatable bonds is 4. The number of carbonyl (C=O) groups excluding carboxylic acids is 1. The van der Waals surface area contributed by atoms with E-state index in [1.165, 1.54) is 32.9 Å². The smallest absolute Gasteiger partial charge is 0.278 e. The first-order valence-corrected chi connectivity index (χ1v) is 13.8. The number of carbonyl (C=O) groups is 1. The van der Waals surface area contributed by atoms with Crippen LogP contribution in [0.15, 0.2) is 88.7 Å². The highest BCUT2D eigenvalue weighted by molar-refractivity contribution is 7.98. The lowest BCUT2D eigenvalue weighted by Gasteiger charge is -2.51. The molecule has 3 aromatic carbocycles. The van der Waals surface area contributed by atoms with Crippen molar-refractivity contribution in [2.75, 3.05) is 24.8 Å². The summed E-state index contributed by atoms with van der Waals surface area (Å²) in [5, 5.41) is 1.47. The molecule has 4 aromatic rings. The van der Waals surface area contributed by atoms with Gasteiger partial charge in [-0.25, -0.2) is 8.78 Å². The molecule has 4 heterocycles. The van der Waals surface area contributed by atoms with Crippen molar-refractivity contribution < 1.29 is 27.2 Å². The number of fused-ring (bicyclic) bond motifs is 4. The Morgan fingerprint density at radius 3 is 2.68 bits per heavy atom. The maximum atomic E-state index is 15.7. The van der Waals surface area contributed by atoms with Gasteiger partial charge in [0.05, 0.1) is 20.6 Å². The number of thioether (sulfide) groups is 1. The fourth-order valence-corrected chi connectivity index (χ4v) is 6.25. The van der Waals surface area contributed by atoms with Crippen LogP contribution in [-0.2, 0) is 17.0 Å². The molecule has 1 aromatic heterocycles. The van der Waals surface area contributed by atoms with Gasteiger partial charge in [0.15, 0.2) is 23.1 Å². The summed E-state index contributed by atoms with van der Waals surface area (Å²) < 4.78 is 71.5. The number of aromatic nitrogens is 1. The topological polar surface area (TPSA) is 64.0 Å². The maximum Gasteiger partial charge on any atom is 0.278 e. The summed E-state index contributed by atoms with van der Waals surface area (Å²) in [5.41, 5.74) is -2.89. The molecule has 0 unspecified atom stereocenters. The van der Waals surface area contributed by atoms with E-state index in [9.17, 15) is 15.4 Å². The Labute approximate surface area is 243 Å². The number of nitrogens with zero attached hydrogens (tertiary/aromatic N) is 3. The lowest BCUT2D eigenvalue weighted by atomic mass is 9.93. The van der Waals surface area contributed by atoms with Crippen molar-refractivity contribution in [3.63, 3.8) is 0 Å². The van der Waals surface area contributed by atoms with Crippen LogP contribution >= 0.6 is 11.8 Å². The van der Waals surface area contributed by atoms with Crippen LogP contribution in [0.1, 0.15) is 42.9 Å². The van der Waals surface area contributed by atoms with Crippen LogP contribution in [-0.4, -0.2) is 41.4 Å². The van der Waals surface area contributed by atoms with Gasteiger partial charge in [-0.1, -0.05) is 54.6 Å². The minimum Gasteiger partial charge on any atom is -0.482 e. The van der Waals surface area contributed by atoms with Crippen molar-refractivity contribution in [3.05, 3.63) is 129 Å². The number of morpholine rings is 1. The molecule has 0 spiro atoms. The van der Waals surface area contributed by atoms with E-state index in [4.69, 9.17) is 12.2 Å². The fourth-order valence-electron chi connectivity index (χ4n) is 5.42. The molecular formula is C31H25F2N3O4S. The van der Waals surface area contributed by atoms with E-state index in [-0.39, 0.29) is 48.9 Å². The van der Waals surface area contributed by atoms with E-state index in [2.05, 4.69) is 0 Å². The number of hydrogen-bond donors (Lipinski definition) is 0. The Bertz CT molecular complexity index is 1860. The Morgan fingerprint density at radius 1 is 1.02 bits per heavy atom. The molecule has 7 rings (SSSR count). The number of benzene rings is 3. The quantitative estimate of drug-likeness (QED) is 0.346. The van der Waals surface area contributed by atoms with Crippen molar-refractivity contribution in [1.82, 2.24) is 9.58 Å². The molecular weight excluding hydrogens is 548 g/mol. The van der Waals surface area contributed by atoms with Gasteiger partial charge in [0.1, 0.15) is 12.8 Å². The normalized spacial score (nSPS) is 23.6. The zero-order valence-corrected chi connectivity index (χ0v) is 22.4. The Balaban J connectivity index is 1.52. The average Bonchev–Trinajstić information content (AvgIpc) is 3.09. The van der Waals surface area contributed by atoms with Crippen LogP contribution < -0.4 is 15.2 Å². The molecule has 3 aliphatic rings. The second-order valence-corrected chi connectivity index (χ2v) is 10.6. The molecule has 2 atom stereocenters. The first-order chi connectivity index (χ1) is 21.1. The zero-order valence-electron chi connectivity index (χ0n) is 24.6. The first-order valence-electron chi connectivity index (χ1n) is 14.5. The van der Waals surface area contributed by atoms with Crippen molar-refractivity contribution in [1.29, 1.82) is 0 Å². The summed E-state index contributed by atoms with van der Waals surface area (Å²) in [6.45, 7) is 0.272. The predicted molar refractivity (Wildman–Crippen MR) is 150 cm³/mol. The monoisotopic (exact) mass is 576 g/mol. The minimum absolute atomic E-state index is 0.00800. The van der Waals surface area contributed by atoms with E-state index in [0.29, 0.717) is 16.7 Å². The maximum absolute atomic E-state index is 15.7. The van der Waals surface area contributed by atoms with E-state index >= 15 is 4.39 Å². The summed E-state index contributed by atoms with van der Waals surface area (Å²) in [6, 6.07) is 16.9. The molecule has 0 bridgehead atoms. The van der Waals surface area contributed by atoms with Gasteiger partial charge in [-0.2, -0.15) is 0 Å². The van der Waals surface area contributed by atoms with E-state index in [1.807, 2.05) is 30.3 Å². The Morgan fingerprint density at radius 2 is 1.83 bits per heavy atom. The third-order valence-electron chi connectivity index (χ3n) is 7.33. The second kappa shape index (κ2) is 10.4. The highest BCUT2D eigenvalue weighted by atomic mass is 32.2. The third kappa shape index (κ3) is 4.29. The van der Waals surface area contributed by atoms with Crippen molar-refractivity contribution in [3.8, 4) is 5.75 Å². The number of amides is 1. The van der Waals surface area contributed by atoms with Crippen LogP contribution in [0.4, 0.5) is 8.78 Å².